The predicted octanol–water partition coefficient (Wildman–Crippen LogP) is 5.99. The van der Waals surface area contributed by atoms with Crippen molar-refractivity contribution in [2.24, 2.45) is 0 Å². The highest BCUT2D eigenvalue weighted by molar-refractivity contribution is 7.23. The van der Waals surface area contributed by atoms with Crippen molar-refractivity contribution in [1.82, 2.24) is 9.97 Å². The largest absolute Gasteiger partial charge is 0.497 e. The van der Waals surface area contributed by atoms with Gasteiger partial charge in [0.15, 0.2) is 5.13 Å². The van der Waals surface area contributed by atoms with Gasteiger partial charge in [0.1, 0.15) is 32.9 Å². The fourth-order valence-corrected chi connectivity index (χ4v) is 5.91. The average Bonchev–Trinajstić information content (AvgIpc) is 3.42. The molecule has 0 fully saturated rings. The molecule has 0 aliphatic heterocycles. The van der Waals surface area contributed by atoms with Gasteiger partial charge in [-0.3, -0.25) is 10.1 Å². The Morgan fingerprint density at radius 3 is 2.53 bits per heavy atom. The summed E-state index contributed by atoms with van der Waals surface area (Å²) in [5.41, 5.74) is 16.4. The fourth-order valence-electron chi connectivity index (χ4n) is 4.01. The number of hydrogen-bond acceptors (Lipinski definition) is 9. The third kappa shape index (κ3) is 3.98. The number of anilines is 3. The zero-order valence-corrected chi connectivity index (χ0v) is 21.4. The molecule has 3 heterocycles. The highest BCUT2D eigenvalue weighted by atomic mass is 32.1. The number of amides is 1. The first kappa shape index (κ1) is 23.5. The van der Waals surface area contributed by atoms with E-state index < -0.39 is 5.91 Å². The van der Waals surface area contributed by atoms with Gasteiger partial charge in [0.05, 0.1) is 23.0 Å². The summed E-state index contributed by atoms with van der Waals surface area (Å²) in [5.74, 6) is 0.770. The lowest BCUT2D eigenvalue weighted by Gasteiger charge is -2.11. The first-order chi connectivity index (χ1) is 17.3. The number of nitrogen functional groups attached to an aromatic ring is 2. The van der Waals surface area contributed by atoms with E-state index in [-0.39, 0.29) is 21.9 Å². The number of fused-ring (bicyclic) bond motifs is 2. The molecule has 5 aromatic rings. The number of pyridine rings is 1. The maximum Gasteiger partial charge on any atom is 0.269 e. The van der Waals surface area contributed by atoms with Gasteiger partial charge in [0, 0.05) is 10.9 Å². The monoisotopic (exact) mass is 514 g/mol. The van der Waals surface area contributed by atoms with E-state index in [2.05, 4.69) is 35.2 Å². The molecule has 2 aromatic carbocycles. The molecular weight excluding hydrogens is 492 g/mol. The standard InChI is InChI=1S/C26H22N6O2S2/c1-12(2)13-4-6-14(7-5-13)19-16(11-27)23(29)31-25-20(19)21(28)22(36-25)24(33)32-26-30-17-9-8-15(34-3)10-18(17)35-26/h4-10,12H,28H2,1-3H3,(H2,29,31)(H,30,32,33). The van der Waals surface area contributed by atoms with Gasteiger partial charge in [-0.1, -0.05) is 49.4 Å². The molecule has 0 saturated heterocycles. The number of methoxy groups -OCH3 is 1. The molecular formula is C26H22N6O2S2. The summed E-state index contributed by atoms with van der Waals surface area (Å²) in [7, 11) is 1.60. The summed E-state index contributed by atoms with van der Waals surface area (Å²) in [6.07, 6.45) is 0. The van der Waals surface area contributed by atoms with Crippen LogP contribution < -0.4 is 21.5 Å². The number of carbonyl (C=O) groups is 1. The summed E-state index contributed by atoms with van der Waals surface area (Å²) in [4.78, 5) is 22.9. The van der Waals surface area contributed by atoms with Crippen LogP contribution in [0.1, 0.15) is 40.6 Å². The minimum Gasteiger partial charge on any atom is -0.497 e. The average molecular weight is 515 g/mol. The number of thiophene rings is 1. The lowest BCUT2D eigenvalue weighted by atomic mass is 9.94. The van der Waals surface area contributed by atoms with E-state index in [0.717, 1.165) is 27.1 Å². The molecule has 0 radical (unpaired) electrons. The molecule has 0 saturated carbocycles. The third-order valence-electron chi connectivity index (χ3n) is 5.90. The maximum atomic E-state index is 13.2. The van der Waals surface area contributed by atoms with Crippen LogP contribution in [0.15, 0.2) is 42.5 Å². The minimum absolute atomic E-state index is 0.0984. The lowest BCUT2D eigenvalue weighted by molar-refractivity contribution is 0.103. The van der Waals surface area contributed by atoms with Gasteiger partial charge >= 0.3 is 0 Å². The topological polar surface area (TPSA) is 140 Å². The van der Waals surface area contributed by atoms with Gasteiger partial charge in [0.2, 0.25) is 0 Å². The minimum atomic E-state index is -0.403. The van der Waals surface area contributed by atoms with Crippen molar-refractivity contribution in [1.29, 1.82) is 5.26 Å². The summed E-state index contributed by atoms with van der Waals surface area (Å²) in [6, 6.07) is 15.6. The molecule has 0 aliphatic rings. The van der Waals surface area contributed by atoms with E-state index in [9.17, 15) is 10.1 Å². The van der Waals surface area contributed by atoms with E-state index in [1.54, 1.807) is 7.11 Å². The second-order valence-electron chi connectivity index (χ2n) is 8.47. The summed E-state index contributed by atoms with van der Waals surface area (Å²) < 4.78 is 6.15. The smallest absolute Gasteiger partial charge is 0.269 e. The highest BCUT2D eigenvalue weighted by Gasteiger charge is 2.25. The van der Waals surface area contributed by atoms with Crippen LogP contribution in [0.5, 0.6) is 5.75 Å². The van der Waals surface area contributed by atoms with Crippen LogP contribution >= 0.6 is 22.7 Å². The number of nitrogens with two attached hydrogens (primary N) is 2. The van der Waals surface area contributed by atoms with E-state index in [4.69, 9.17) is 16.2 Å². The zero-order chi connectivity index (χ0) is 25.6. The van der Waals surface area contributed by atoms with E-state index in [0.29, 0.717) is 32.6 Å². The van der Waals surface area contributed by atoms with Crippen LogP contribution in [0.25, 0.3) is 31.6 Å². The molecule has 0 atom stereocenters. The number of ether oxygens (including phenoxy) is 1. The van der Waals surface area contributed by atoms with Gasteiger partial charge in [-0.25, -0.2) is 9.97 Å². The maximum absolute atomic E-state index is 13.2. The Labute approximate surface area is 215 Å². The molecule has 8 nitrogen and oxygen atoms in total. The predicted molar refractivity (Wildman–Crippen MR) is 147 cm³/mol. The molecule has 5 rings (SSSR count). The summed E-state index contributed by atoms with van der Waals surface area (Å²) in [6.45, 7) is 4.23. The number of carbonyl (C=O) groups excluding carboxylic acids is 1. The van der Waals surface area contributed by atoms with Crippen LogP contribution in [-0.4, -0.2) is 23.0 Å². The fraction of sp³-hybridized carbons (Fsp3) is 0.154. The Morgan fingerprint density at radius 1 is 1.11 bits per heavy atom. The number of nitrogens with zero attached hydrogens (tertiary/aromatic N) is 3. The van der Waals surface area contributed by atoms with Crippen molar-refractivity contribution in [2.75, 3.05) is 23.9 Å². The zero-order valence-electron chi connectivity index (χ0n) is 19.7. The van der Waals surface area contributed by atoms with Crippen molar-refractivity contribution in [3.8, 4) is 22.9 Å². The van der Waals surface area contributed by atoms with Crippen molar-refractivity contribution >= 4 is 65.7 Å². The number of nitrogens with one attached hydrogen (secondary N) is 1. The van der Waals surface area contributed by atoms with Crippen LogP contribution in [0.2, 0.25) is 0 Å². The Morgan fingerprint density at radius 2 is 1.86 bits per heavy atom. The quantitative estimate of drug-likeness (QED) is 0.261. The molecule has 0 unspecified atom stereocenters. The van der Waals surface area contributed by atoms with Crippen molar-refractivity contribution < 1.29 is 9.53 Å². The molecule has 180 valence electrons. The Bertz CT molecular complexity index is 1680. The number of hydrogen-bond donors (Lipinski definition) is 3. The van der Waals surface area contributed by atoms with Crippen LogP contribution in [0.3, 0.4) is 0 Å². The van der Waals surface area contributed by atoms with Gasteiger partial charge in [-0.15, -0.1) is 11.3 Å². The van der Waals surface area contributed by atoms with Gasteiger partial charge < -0.3 is 16.2 Å². The van der Waals surface area contributed by atoms with Gasteiger partial charge in [0.25, 0.3) is 5.91 Å². The molecule has 36 heavy (non-hydrogen) atoms. The molecule has 0 aliphatic carbocycles. The van der Waals surface area contributed by atoms with E-state index in [1.165, 1.54) is 16.9 Å². The second-order valence-corrected chi connectivity index (χ2v) is 10.5. The summed E-state index contributed by atoms with van der Waals surface area (Å²) >= 11 is 2.47. The molecule has 10 heteroatoms. The van der Waals surface area contributed by atoms with Crippen LogP contribution in [0.4, 0.5) is 16.6 Å². The Kier molecular flexibility index (Phi) is 5.96. The molecule has 5 N–H and O–H groups in total. The summed E-state index contributed by atoms with van der Waals surface area (Å²) in [5, 5.41) is 13.7. The van der Waals surface area contributed by atoms with Crippen molar-refractivity contribution in [3.05, 3.63) is 58.5 Å². The Hall–Kier alpha value is -4.20. The van der Waals surface area contributed by atoms with Gasteiger partial charge in [-0.05, 0) is 35.2 Å². The lowest BCUT2D eigenvalue weighted by Crippen LogP contribution is -2.11. The highest BCUT2D eigenvalue weighted by Crippen LogP contribution is 2.43. The number of thiazole rings is 1. The van der Waals surface area contributed by atoms with Crippen molar-refractivity contribution in [2.45, 2.75) is 19.8 Å². The number of benzene rings is 2. The second kappa shape index (κ2) is 9.11. The van der Waals surface area contributed by atoms with E-state index >= 15 is 0 Å². The SMILES string of the molecule is COc1ccc2nc(NC(=O)c3sc4nc(N)c(C#N)c(-c5ccc(C(C)C)cc5)c4c3N)sc2c1. The van der Waals surface area contributed by atoms with Gasteiger partial charge in [-0.2, -0.15) is 5.26 Å². The number of aromatic nitrogens is 2. The number of rotatable bonds is 5. The number of nitriles is 1. The first-order valence-electron chi connectivity index (χ1n) is 11.1. The molecule has 3 aromatic heterocycles. The first-order valence-corrected chi connectivity index (χ1v) is 12.7. The normalized spacial score (nSPS) is 11.2. The van der Waals surface area contributed by atoms with Crippen LogP contribution in [0, 0.1) is 11.3 Å². The van der Waals surface area contributed by atoms with Crippen LogP contribution in [-0.2, 0) is 0 Å². The Balaban J connectivity index is 1.59. The molecule has 1 amide bonds. The molecule has 0 bridgehead atoms. The van der Waals surface area contributed by atoms with Crippen molar-refractivity contribution in [3.63, 3.8) is 0 Å². The van der Waals surface area contributed by atoms with E-state index in [1.807, 2.05) is 42.5 Å². The molecule has 0 spiro atoms. The third-order valence-corrected chi connectivity index (χ3v) is 7.94.